The van der Waals surface area contributed by atoms with E-state index in [9.17, 15) is 4.79 Å². The zero-order valence-electron chi connectivity index (χ0n) is 14.2. The first-order valence-corrected chi connectivity index (χ1v) is 7.87. The predicted octanol–water partition coefficient (Wildman–Crippen LogP) is 3.06. The monoisotopic (exact) mass is 349 g/mol. The van der Waals surface area contributed by atoms with E-state index in [1.165, 1.54) is 4.68 Å². The van der Waals surface area contributed by atoms with Crippen molar-refractivity contribution in [1.29, 1.82) is 0 Å². The molecule has 26 heavy (non-hydrogen) atoms. The number of nitrogens with zero attached hydrogens (tertiary/aromatic N) is 3. The van der Waals surface area contributed by atoms with Crippen LogP contribution in [0.5, 0.6) is 11.5 Å². The first kappa shape index (κ1) is 15.9. The lowest BCUT2D eigenvalue weighted by molar-refractivity contribution is 0.394. The lowest BCUT2D eigenvalue weighted by atomic mass is 10.1. The van der Waals surface area contributed by atoms with Gasteiger partial charge in [-0.2, -0.15) is 0 Å². The van der Waals surface area contributed by atoms with E-state index in [1.807, 2.05) is 30.3 Å². The van der Waals surface area contributed by atoms with Gasteiger partial charge in [-0.1, -0.05) is 23.4 Å². The molecule has 0 atom stereocenters. The molecule has 7 heteroatoms. The number of para-hydroxylation sites is 1. The number of hydrogen-bond acceptors (Lipinski definition) is 6. The molecule has 0 spiro atoms. The molecule has 2 aromatic heterocycles. The first-order valence-electron chi connectivity index (χ1n) is 7.87. The van der Waals surface area contributed by atoms with Crippen molar-refractivity contribution in [2.24, 2.45) is 0 Å². The maximum Gasteiger partial charge on any atom is 0.362 e. The Morgan fingerprint density at radius 2 is 1.73 bits per heavy atom. The summed E-state index contributed by atoms with van der Waals surface area (Å²) in [6.07, 6.45) is 1.66. The standard InChI is InChI=1S/C19H15N3O4/c1-24-14-7-13(8-15(10-14)25-2)16-11-22(21-20-16)17-9-12-5-3-4-6-18(12)26-19(17)23/h3-11H,1-2H3. The third-order valence-corrected chi connectivity index (χ3v) is 4.01. The molecule has 0 radical (unpaired) electrons. The first-order chi connectivity index (χ1) is 12.7. The molecule has 2 heterocycles. The highest BCUT2D eigenvalue weighted by Gasteiger charge is 2.12. The number of benzene rings is 2. The summed E-state index contributed by atoms with van der Waals surface area (Å²) in [5.74, 6) is 1.28. The fourth-order valence-electron chi connectivity index (χ4n) is 2.68. The van der Waals surface area contributed by atoms with Gasteiger partial charge in [0.15, 0.2) is 5.69 Å². The Morgan fingerprint density at radius 1 is 1.00 bits per heavy atom. The highest BCUT2D eigenvalue weighted by Crippen LogP contribution is 2.28. The Hall–Kier alpha value is -3.61. The Bertz CT molecular complexity index is 1120. The minimum atomic E-state index is -0.483. The minimum absolute atomic E-state index is 0.289. The summed E-state index contributed by atoms with van der Waals surface area (Å²) in [5.41, 5.74) is 1.67. The summed E-state index contributed by atoms with van der Waals surface area (Å²) >= 11 is 0. The highest BCUT2D eigenvalue weighted by atomic mass is 16.5. The van der Waals surface area contributed by atoms with Gasteiger partial charge in [-0.25, -0.2) is 9.48 Å². The fourth-order valence-corrected chi connectivity index (χ4v) is 2.68. The van der Waals surface area contributed by atoms with E-state index in [4.69, 9.17) is 13.9 Å². The van der Waals surface area contributed by atoms with Gasteiger partial charge in [-0.15, -0.1) is 5.10 Å². The molecule has 0 unspecified atom stereocenters. The second kappa shape index (κ2) is 6.36. The van der Waals surface area contributed by atoms with Crippen molar-refractivity contribution in [2.45, 2.75) is 0 Å². The van der Waals surface area contributed by atoms with Gasteiger partial charge >= 0.3 is 5.63 Å². The summed E-state index contributed by atoms with van der Waals surface area (Å²) < 4.78 is 17.3. The molecule has 0 saturated heterocycles. The summed E-state index contributed by atoms with van der Waals surface area (Å²) in [6, 6.07) is 14.4. The Morgan fingerprint density at radius 3 is 2.46 bits per heavy atom. The smallest absolute Gasteiger partial charge is 0.362 e. The van der Waals surface area contributed by atoms with Crippen LogP contribution < -0.4 is 15.1 Å². The van der Waals surface area contributed by atoms with Gasteiger partial charge in [0.1, 0.15) is 22.8 Å². The molecule has 0 aliphatic rings. The lowest BCUT2D eigenvalue weighted by Gasteiger charge is -2.06. The van der Waals surface area contributed by atoms with Crippen LogP contribution in [-0.4, -0.2) is 29.2 Å². The van der Waals surface area contributed by atoms with Gasteiger partial charge in [-0.3, -0.25) is 0 Å². The molecule has 0 aliphatic carbocycles. The van der Waals surface area contributed by atoms with Gasteiger partial charge in [0.2, 0.25) is 0 Å². The van der Waals surface area contributed by atoms with Crippen molar-refractivity contribution >= 4 is 11.0 Å². The van der Waals surface area contributed by atoms with Crippen molar-refractivity contribution in [3.8, 4) is 28.4 Å². The molecular weight excluding hydrogens is 334 g/mol. The largest absolute Gasteiger partial charge is 0.497 e. The zero-order chi connectivity index (χ0) is 18.1. The van der Waals surface area contributed by atoms with Crippen LogP contribution >= 0.6 is 0 Å². The van der Waals surface area contributed by atoms with Crippen LogP contribution in [0.25, 0.3) is 27.9 Å². The third-order valence-electron chi connectivity index (χ3n) is 4.01. The van der Waals surface area contributed by atoms with Crippen LogP contribution in [0.3, 0.4) is 0 Å². The van der Waals surface area contributed by atoms with Gasteiger partial charge in [-0.05, 0) is 24.3 Å². The molecule has 0 aliphatic heterocycles. The van der Waals surface area contributed by atoms with Gasteiger partial charge in [0, 0.05) is 17.0 Å². The van der Waals surface area contributed by atoms with Crippen molar-refractivity contribution in [2.75, 3.05) is 14.2 Å². The number of methoxy groups -OCH3 is 2. The van der Waals surface area contributed by atoms with Crippen molar-refractivity contribution in [3.63, 3.8) is 0 Å². The Labute approximate surface area is 148 Å². The van der Waals surface area contributed by atoms with Gasteiger partial charge in [0.25, 0.3) is 0 Å². The number of hydrogen-bond donors (Lipinski definition) is 0. The molecule has 2 aromatic carbocycles. The van der Waals surface area contributed by atoms with E-state index >= 15 is 0 Å². The van der Waals surface area contributed by atoms with E-state index in [1.54, 1.807) is 38.6 Å². The van der Waals surface area contributed by atoms with Gasteiger partial charge < -0.3 is 13.9 Å². The van der Waals surface area contributed by atoms with E-state index in [0.717, 1.165) is 10.9 Å². The van der Waals surface area contributed by atoms with Crippen molar-refractivity contribution < 1.29 is 13.9 Å². The number of ether oxygens (including phenoxy) is 2. The minimum Gasteiger partial charge on any atom is -0.497 e. The Balaban J connectivity index is 1.80. The van der Waals surface area contributed by atoms with Crippen LogP contribution in [0.1, 0.15) is 0 Å². The van der Waals surface area contributed by atoms with Crippen LogP contribution in [0.4, 0.5) is 0 Å². The predicted molar refractivity (Wildman–Crippen MR) is 95.9 cm³/mol. The molecule has 0 bridgehead atoms. The highest BCUT2D eigenvalue weighted by molar-refractivity contribution is 5.78. The Kier molecular flexibility index (Phi) is 3.89. The molecule has 0 N–H and O–H groups in total. The maximum absolute atomic E-state index is 12.3. The second-order valence-corrected chi connectivity index (χ2v) is 5.61. The van der Waals surface area contributed by atoms with E-state index in [-0.39, 0.29) is 5.69 Å². The van der Waals surface area contributed by atoms with E-state index in [2.05, 4.69) is 10.3 Å². The van der Waals surface area contributed by atoms with Crippen LogP contribution in [0.2, 0.25) is 0 Å². The fraction of sp³-hybridized carbons (Fsp3) is 0.105. The molecule has 0 fully saturated rings. The summed E-state index contributed by atoms with van der Waals surface area (Å²) in [7, 11) is 3.16. The SMILES string of the molecule is COc1cc(OC)cc(-c2cn(-c3cc4ccccc4oc3=O)nn2)c1. The van der Waals surface area contributed by atoms with E-state index in [0.29, 0.717) is 22.8 Å². The topological polar surface area (TPSA) is 79.4 Å². The number of aromatic nitrogens is 3. The van der Waals surface area contributed by atoms with Crippen molar-refractivity contribution in [1.82, 2.24) is 15.0 Å². The molecule has 7 nitrogen and oxygen atoms in total. The molecule has 4 rings (SSSR count). The van der Waals surface area contributed by atoms with Crippen molar-refractivity contribution in [3.05, 3.63) is 65.1 Å². The maximum atomic E-state index is 12.3. The summed E-state index contributed by atoms with van der Waals surface area (Å²) in [4.78, 5) is 12.3. The summed E-state index contributed by atoms with van der Waals surface area (Å²) in [5, 5.41) is 9.03. The average Bonchev–Trinajstić information content (AvgIpc) is 3.17. The summed E-state index contributed by atoms with van der Waals surface area (Å²) in [6.45, 7) is 0. The van der Waals surface area contributed by atoms with Crippen LogP contribution in [0, 0.1) is 0 Å². The number of rotatable bonds is 4. The van der Waals surface area contributed by atoms with E-state index < -0.39 is 5.63 Å². The molecule has 130 valence electrons. The number of fused-ring (bicyclic) bond motifs is 1. The molecular formula is C19H15N3O4. The van der Waals surface area contributed by atoms with Crippen LogP contribution in [0.15, 0.2) is 63.9 Å². The normalized spacial score (nSPS) is 10.8. The molecule has 4 aromatic rings. The molecule has 0 amide bonds. The average molecular weight is 349 g/mol. The van der Waals surface area contributed by atoms with Gasteiger partial charge in [0.05, 0.1) is 20.4 Å². The van der Waals surface area contributed by atoms with Crippen LogP contribution in [-0.2, 0) is 0 Å². The molecule has 0 saturated carbocycles. The lowest BCUT2D eigenvalue weighted by Crippen LogP contribution is -2.10. The third kappa shape index (κ3) is 2.79. The quantitative estimate of drug-likeness (QED) is 0.527. The second-order valence-electron chi connectivity index (χ2n) is 5.61. The zero-order valence-corrected chi connectivity index (χ0v) is 14.2.